The number of benzene rings is 2. The van der Waals surface area contributed by atoms with Crippen molar-refractivity contribution in [2.75, 3.05) is 16.3 Å². The van der Waals surface area contributed by atoms with E-state index in [0.717, 1.165) is 11.3 Å². The lowest BCUT2D eigenvalue weighted by Crippen LogP contribution is -2.17. The zero-order valence-corrected chi connectivity index (χ0v) is 18.8. The molecule has 1 aromatic heterocycles. The molecule has 3 rings (SSSR count). The summed E-state index contributed by atoms with van der Waals surface area (Å²) in [6.45, 7) is -1.05. The summed E-state index contributed by atoms with van der Waals surface area (Å²) in [7, 11) is -8.11. The summed E-state index contributed by atoms with van der Waals surface area (Å²) in [6, 6.07) is 10.3. The van der Waals surface area contributed by atoms with E-state index in [1.807, 2.05) is 0 Å². The molecule has 160 valence electrons. The molecule has 3 aromatic rings. The zero-order valence-electron chi connectivity index (χ0n) is 14.8. The second-order valence-electron chi connectivity index (χ2n) is 5.68. The Morgan fingerprint density at radius 1 is 0.900 bits per heavy atom. The van der Waals surface area contributed by atoms with Crippen LogP contribution in [0.3, 0.4) is 0 Å². The first kappa shape index (κ1) is 22.6. The first-order chi connectivity index (χ1) is 14.1. The molecular weight excluding hydrogens is 498 g/mol. The van der Waals surface area contributed by atoms with E-state index in [0.29, 0.717) is 0 Å². The molecule has 0 fully saturated rings. The van der Waals surface area contributed by atoms with Gasteiger partial charge in [-0.2, -0.15) is 0 Å². The molecule has 2 aromatic carbocycles. The van der Waals surface area contributed by atoms with Crippen LogP contribution in [-0.4, -0.2) is 23.7 Å². The lowest BCUT2D eigenvalue weighted by Gasteiger charge is -2.15. The fourth-order valence-corrected chi connectivity index (χ4v) is 5.77. The number of hydrogen-bond donors (Lipinski definition) is 2. The third-order valence-electron chi connectivity index (χ3n) is 3.66. The minimum atomic E-state index is -4.14. The van der Waals surface area contributed by atoms with E-state index >= 15 is 0 Å². The smallest absolute Gasteiger partial charge is 0.271 e. The molecule has 0 atom stereocenters. The number of thiophene rings is 1. The second kappa shape index (κ2) is 8.98. The molecule has 13 heteroatoms. The Morgan fingerprint density at radius 3 is 1.97 bits per heavy atom. The van der Waals surface area contributed by atoms with Crippen LogP contribution in [0.5, 0.6) is 5.75 Å². The van der Waals surface area contributed by atoms with Crippen LogP contribution in [0, 0.1) is 0 Å². The van der Waals surface area contributed by atoms with Crippen molar-refractivity contribution in [3.05, 3.63) is 64.0 Å². The van der Waals surface area contributed by atoms with E-state index < -0.39 is 26.9 Å². The van der Waals surface area contributed by atoms with E-state index in [9.17, 15) is 21.2 Å². The van der Waals surface area contributed by atoms with Crippen molar-refractivity contribution >= 4 is 66.0 Å². The van der Waals surface area contributed by atoms with Gasteiger partial charge in [-0.25, -0.2) is 21.2 Å². The van der Waals surface area contributed by atoms with Crippen LogP contribution in [0.25, 0.3) is 0 Å². The molecule has 0 aliphatic carbocycles. The van der Waals surface area contributed by atoms with Crippen molar-refractivity contribution < 1.29 is 26.0 Å². The van der Waals surface area contributed by atoms with E-state index in [1.165, 1.54) is 42.5 Å². The summed E-state index contributed by atoms with van der Waals surface area (Å²) in [6.07, 6.45) is 0. The van der Waals surface area contributed by atoms with Gasteiger partial charge in [0.2, 0.25) is 6.86 Å². The highest BCUT2D eigenvalue weighted by Crippen LogP contribution is 2.35. The van der Waals surface area contributed by atoms with Crippen LogP contribution < -0.4 is 14.2 Å². The summed E-state index contributed by atoms with van der Waals surface area (Å²) in [5.74, 6) is 0.149. The van der Waals surface area contributed by atoms with Gasteiger partial charge in [-0.05, 0) is 47.8 Å². The fraction of sp³-hybridized carbons (Fsp3) is 0.0588. The van der Waals surface area contributed by atoms with Crippen LogP contribution in [0.4, 0.5) is 15.8 Å². The largest absolute Gasteiger partial charge is 0.463 e. The van der Waals surface area contributed by atoms with Crippen molar-refractivity contribution in [1.29, 1.82) is 0 Å². The van der Waals surface area contributed by atoms with Crippen molar-refractivity contribution in [2.45, 2.75) is 9.10 Å². The molecule has 0 aliphatic rings. The van der Waals surface area contributed by atoms with Gasteiger partial charge < -0.3 is 4.74 Å². The molecule has 30 heavy (non-hydrogen) atoms. The Bertz CT molecular complexity index is 1250. The van der Waals surface area contributed by atoms with Crippen molar-refractivity contribution in [1.82, 2.24) is 0 Å². The molecule has 2 N–H and O–H groups in total. The molecular formula is C17H13Cl2FN2O5S3. The van der Waals surface area contributed by atoms with E-state index in [1.54, 1.807) is 11.4 Å². The highest BCUT2D eigenvalue weighted by molar-refractivity contribution is 7.94. The van der Waals surface area contributed by atoms with Gasteiger partial charge in [0, 0.05) is 0 Å². The van der Waals surface area contributed by atoms with Gasteiger partial charge in [-0.15, -0.1) is 11.3 Å². The maximum Gasteiger partial charge on any atom is 0.271 e. The van der Waals surface area contributed by atoms with Crippen LogP contribution in [-0.2, 0) is 20.0 Å². The number of hydrogen-bond acceptors (Lipinski definition) is 6. The minimum absolute atomic E-state index is 0.0140. The molecule has 0 spiro atoms. The summed E-state index contributed by atoms with van der Waals surface area (Å²) in [5, 5.41) is 1.62. The lowest BCUT2D eigenvalue weighted by molar-refractivity contribution is 0.191. The van der Waals surface area contributed by atoms with E-state index in [2.05, 4.69) is 14.2 Å². The van der Waals surface area contributed by atoms with Crippen LogP contribution in [0.2, 0.25) is 10.0 Å². The predicted octanol–water partition coefficient (Wildman–Crippen LogP) is 4.96. The average molecular weight is 511 g/mol. The highest BCUT2D eigenvalue weighted by atomic mass is 35.5. The molecule has 1 heterocycles. The Labute approximate surface area is 186 Å². The van der Waals surface area contributed by atoms with Crippen molar-refractivity contribution in [2.24, 2.45) is 0 Å². The third kappa shape index (κ3) is 5.16. The highest BCUT2D eigenvalue weighted by Gasteiger charge is 2.22. The first-order valence-corrected chi connectivity index (χ1v) is 12.6. The van der Waals surface area contributed by atoms with Crippen molar-refractivity contribution in [3.63, 3.8) is 0 Å². The average Bonchev–Trinajstić information content (AvgIpc) is 3.22. The number of sulfonamides is 2. The number of nitrogens with one attached hydrogen (secondary N) is 2. The van der Waals surface area contributed by atoms with Crippen molar-refractivity contribution in [3.8, 4) is 5.75 Å². The normalized spacial score (nSPS) is 11.8. The van der Waals surface area contributed by atoms with Gasteiger partial charge in [0.05, 0.1) is 26.3 Å². The minimum Gasteiger partial charge on any atom is -0.463 e. The molecule has 0 saturated carbocycles. The SMILES string of the molecule is O=S(=O)(Nc1cc(Cl)c(Cl)cc1NS(=O)(=O)c1cccs1)c1ccc(OCF)cc1. The molecule has 0 saturated heterocycles. The van der Waals surface area contributed by atoms with Gasteiger partial charge >= 0.3 is 0 Å². The number of ether oxygens (including phenoxy) is 1. The predicted molar refractivity (Wildman–Crippen MR) is 115 cm³/mol. The van der Waals surface area contributed by atoms with Gasteiger partial charge in [0.15, 0.2) is 0 Å². The Hall–Kier alpha value is -2.05. The maximum absolute atomic E-state index is 12.7. The lowest BCUT2D eigenvalue weighted by atomic mass is 10.3. The number of alkyl halides is 1. The summed E-state index contributed by atoms with van der Waals surface area (Å²) in [4.78, 5) is -0.160. The van der Waals surface area contributed by atoms with Gasteiger partial charge in [0.25, 0.3) is 20.0 Å². The number of anilines is 2. The molecule has 0 aliphatic heterocycles. The van der Waals surface area contributed by atoms with Crippen LogP contribution in [0.1, 0.15) is 0 Å². The van der Waals surface area contributed by atoms with Gasteiger partial charge in [-0.3, -0.25) is 9.44 Å². The second-order valence-corrected chi connectivity index (χ2v) is 11.0. The molecule has 0 amide bonds. The summed E-state index contributed by atoms with van der Waals surface area (Å²) >= 11 is 13.0. The maximum atomic E-state index is 12.7. The Balaban J connectivity index is 1.96. The topological polar surface area (TPSA) is 102 Å². The summed E-state index contributed by atoms with van der Waals surface area (Å²) in [5.41, 5.74) is -0.243. The quantitative estimate of drug-likeness (QED) is 0.445. The third-order valence-corrected chi connectivity index (χ3v) is 8.53. The van der Waals surface area contributed by atoms with Crippen LogP contribution in [0.15, 0.2) is 63.0 Å². The Morgan fingerprint density at radius 2 is 1.47 bits per heavy atom. The number of rotatable bonds is 8. The molecule has 0 bridgehead atoms. The molecule has 7 nitrogen and oxygen atoms in total. The Kier molecular flexibility index (Phi) is 6.78. The number of halogens is 3. The summed E-state index contributed by atoms with van der Waals surface area (Å²) < 4.78 is 72.1. The fourth-order valence-electron chi connectivity index (χ4n) is 2.31. The monoisotopic (exact) mass is 510 g/mol. The van der Waals surface area contributed by atoms with E-state index in [-0.39, 0.29) is 36.3 Å². The van der Waals surface area contributed by atoms with Crippen LogP contribution >= 0.6 is 34.5 Å². The molecule has 0 unspecified atom stereocenters. The van der Waals surface area contributed by atoms with E-state index in [4.69, 9.17) is 23.2 Å². The zero-order chi connectivity index (χ0) is 21.9. The standard InChI is InChI=1S/C17H13Cl2FN2O5S3/c18-13-8-15(21-29(23,24)12-5-3-11(4-6-12)27-10-20)16(9-14(13)19)22-30(25,26)17-2-1-7-28-17/h1-9,21-22H,10H2. The first-order valence-electron chi connectivity index (χ1n) is 7.99. The van der Waals surface area contributed by atoms with Gasteiger partial charge in [0.1, 0.15) is 9.96 Å². The van der Waals surface area contributed by atoms with Gasteiger partial charge in [-0.1, -0.05) is 29.3 Å². The molecule has 0 radical (unpaired) electrons.